The van der Waals surface area contributed by atoms with Gasteiger partial charge in [0.15, 0.2) is 0 Å². The van der Waals surface area contributed by atoms with Crippen molar-refractivity contribution in [2.45, 2.75) is 19.5 Å². The lowest BCUT2D eigenvalue weighted by Crippen LogP contribution is -2.36. The molecule has 0 amide bonds. The maximum absolute atomic E-state index is 11.3. The zero-order valence-corrected chi connectivity index (χ0v) is 21.7. The molecule has 3 heterocycles. The van der Waals surface area contributed by atoms with Crippen LogP contribution in [0, 0.1) is 3.82 Å². The maximum Gasteiger partial charge on any atom is 0.124 e. The number of aromatic hydroxyl groups is 1. The van der Waals surface area contributed by atoms with Crippen molar-refractivity contribution >= 4 is 32.9 Å². The molecule has 2 aromatic carbocycles. The lowest BCUT2D eigenvalue weighted by molar-refractivity contribution is 0.0328. The zero-order chi connectivity index (χ0) is 23.3. The lowest BCUT2D eigenvalue weighted by Gasteiger charge is -2.29. The molecular weight excluding hydrogens is 484 g/mol. The lowest BCUT2D eigenvalue weighted by atomic mass is 9.98. The summed E-state index contributed by atoms with van der Waals surface area (Å²) in [4.78, 5) is 5.95. The Kier molecular flexibility index (Phi) is 8.06. The number of phenolic OH excluding ortho intramolecular Hbond substituents is 1. The molecule has 8 heteroatoms. The molecule has 2 saturated heterocycles. The molecule has 5 rings (SSSR count). The van der Waals surface area contributed by atoms with E-state index in [9.17, 15) is 5.11 Å². The first-order chi connectivity index (χ1) is 16.7. The summed E-state index contributed by atoms with van der Waals surface area (Å²) < 4.78 is 12.0. The smallest absolute Gasteiger partial charge is 0.124 e. The SMILES string of the molecule is Oc1c(CN2CCOCC2)cc(-c2ssc(=S)c2Cc2ccccc2)cc1CN1CCOCC1. The van der Waals surface area contributed by atoms with Crippen LogP contribution >= 0.6 is 32.9 Å². The highest BCUT2D eigenvalue weighted by atomic mass is 32.9. The van der Waals surface area contributed by atoms with Crippen molar-refractivity contribution in [1.29, 1.82) is 0 Å². The maximum atomic E-state index is 11.3. The summed E-state index contributed by atoms with van der Waals surface area (Å²) in [5.74, 6) is 0.421. The van der Waals surface area contributed by atoms with Crippen molar-refractivity contribution in [2.75, 3.05) is 52.6 Å². The second-order valence-corrected chi connectivity index (χ2v) is 11.7. The largest absolute Gasteiger partial charge is 0.507 e. The average molecular weight is 515 g/mol. The Morgan fingerprint density at radius 2 is 1.38 bits per heavy atom. The van der Waals surface area contributed by atoms with Crippen LogP contribution in [-0.4, -0.2) is 67.5 Å². The van der Waals surface area contributed by atoms with E-state index in [2.05, 4.69) is 46.2 Å². The van der Waals surface area contributed by atoms with Crippen molar-refractivity contribution < 1.29 is 14.6 Å². The Bertz CT molecular complexity index is 1110. The third kappa shape index (κ3) is 5.76. The molecule has 1 aromatic heterocycles. The van der Waals surface area contributed by atoms with Gasteiger partial charge in [0.1, 0.15) is 9.57 Å². The summed E-state index contributed by atoms with van der Waals surface area (Å²) in [5, 5.41) is 11.3. The first-order valence-corrected chi connectivity index (χ1v) is 14.3. The predicted molar refractivity (Wildman–Crippen MR) is 142 cm³/mol. The van der Waals surface area contributed by atoms with E-state index in [1.807, 2.05) is 6.07 Å². The Hall–Kier alpha value is -1.65. The Labute approximate surface area is 213 Å². The summed E-state index contributed by atoms with van der Waals surface area (Å²) in [6, 6.07) is 14.9. The fraction of sp³-hybridized carbons (Fsp3) is 0.423. The second-order valence-electron chi connectivity index (χ2n) is 8.84. The highest BCUT2D eigenvalue weighted by Crippen LogP contribution is 2.39. The van der Waals surface area contributed by atoms with Crippen LogP contribution in [0.1, 0.15) is 22.3 Å². The number of rotatable bonds is 7. The van der Waals surface area contributed by atoms with E-state index in [0.29, 0.717) is 5.75 Å². The molecule has 2 aliphatic heterocycles. The molecule has 2 aliphatic rings. The third-order valence-electron chi connectivity index (χ3n) is 6.47. The molecule has 0 spiro atoms. The van der Waals surface area contributed by atoms with Gasteiger partial charge in [-0.15, -0.1) is 0 Å². The normalized spacial score (nSPS) is 17.8. The molecule has 0 saturated carbocycles. The molecule has 3 aromatic rings. The topological polar surface area (TPSA) is 45.2 Å². The number of nitrogens with zero attached hydrogens (tertiary/aromatic N) is 2. The van der Waals surface area contributed by atoms with Crippen molar-refractivity contribution in [2.24, 2.45) is 0 Å². The zero-order valence-electron chi connectivity index (χ0n) is 19.2. The molecule has 0 radical (unpaired) electrons. The molecule has 0 unspecified atom stereocenters. The van der Waals surface area contributed by atoms with E-state index < -0.39 is 0 Å². The minimum absolute atomic E-state index is 0.421. The van der Waals surface area contributed by atoms with E-state index in [-0.39, 0.29) is 0 Å². The summed E-state index contributed by atoms with van der Waals surface area (Å²) in [5.41, 5.74) is 5.61. The van der Waals surface area contributed by atoms with Crippen molar-refractivity contribution in [1.82, 2.24) is 9.80 Å². The van der Waals surface area contributed by atoms with Gasteiger partial charge in [-0.3, -0.25) is 9.80 Å². The van der Waals surface area contributed by atoms with Crippen LogP contribution in [0.5, 0.6) is 5.75 Å². The molecule has 34 heavy (non-hydrogen) atoms. The Morgan fingerprint density at radius 3 is 1.94 bits per heavy atom. The van der Waals surface area contributed by atoms with Crippen LogP contribution in [0.2, 0.25) is 0 Å². The molecule has 2 fully saturated rings. The van der Waals surface area contributed by atoms with Crippen LogP contribution in [0.15, 0.2) is 42.5 Å². The van der Waals surface area contributed by atoms with Gasteiger partial charge in [0.2, 0.25) is 0 Å². The van der Waals surface area contributed by atoms with Crippen LogP contribution in [0.3, 0.4) is 0 Å². The number of hydrogen-bond donors (Lipinski definition) is 1. The minimum atomic E-state index is 0.421. The van der Waals surface area contributed by atoms with Crippen molar-refractivity contribution in [3.8, 4) is 16.2 Å². The van der Waals surface area contributed by atoms with Gasteiger partial charge in [-0.1, -0.05) is 63.2 Å². The van der Waals surface area contributed by atoms with Gasteiger partial charge in [0, 0.05) is 62.4 Å². The number of benzene rings is 2. The summed E-state index contributed by atoms with van der Waals surface area (Å²) >= 11 is 5.76. The molecule has 0 aliphatic carbocycles. The Morgan fingerprint density at radius 1 is 0.824 bits per heavy atom. The number of phenols is 1. The van der Waals surface area contributed by atoms with Crippen LogP contribution in [-0.2, 0) is 29.0 Å². The molecular formula is C26H30N2O3S3. The van der Waals surface area contributed by atoms with Gasteiger partial charge in [0.25, 0.3) is 0 Å². The first kappa shape index (κ1) is 24.1. The second kappa shape index (κ2) is 11.4. The summed E-state index contributed by atoms with van der Waals surface area (Å²) in [6.07, 6.45) is 0.827. The standard InChI is InChI=1S/C26H30N2O3S3/c29-24-21(17-27-6-10-30-11-7-27)15-20(16-22(24)18-28-8-12-31-13-9-28)25-23(26(32)34-33-25)14-19-4-2-1-3-5-19/h1-5,15-16,29H,6-14,17-18H2. The molecule has 5 nitrogen and oxygen atoms in total. The van der Waals surface area contributed by atoms with Gasteiger partial charge in [0.05, 0.1) is 31.3 Å². The summed E-state index contributed by atoms with van der Waals surface area (Å²) in [7, 11) is 3.43. The van der Waals surface area contributed by atoms with Crippen LogP contribution in [0.4, 0.5) is 0 Å². The monoisotopic (exact) mass is 514 g/mol. The fourth-order valence-corrected chi connectivity index (χ4v) is 7.48. The highest BCUT2D eigenvalue weighted by molar-refractivity contribution is 7.80. The molecule has 1 N–H and O–H groups in total. The van der Waals surface area contributed by atoms with Crippen LogP contribution in [0.25, 0.3) is 10.4 Å². The van der Waals surface area contributed by atoms with Crippen LogP contribution < -0.4 is 0 Å². The van der Waals surface area contributed by atoms with Gasteiger partial charge >= 0.3 is 0 Å². The van der Waals surface area contributed by atoms with E-state index >= 15 is 0 Å². The third-order valence-corrected chi connectivity index (χ3v) is 9.66. The van der Waals surface area contributed by atoms with Gasteiger partial charge in [-0.2, -0.15) is 0 Å². The van der Waals surface area contributed by atoms with Gasteiger partial charge in [-0.25, -0.2) is 0 Å². The predicted octanol–water partition coefficient (Wildman–Crippen LogP) is 5.17. The molecule has 0 atom stereocenters. The average Bonchev–Trinajstić information content (AvgIpc) is 3.23. The highest BCUT2D eigenvalue weighted by Gasteiger charge is 2.21. The molecule has 180 valence electrons. The number of morpholine rings is 2. The fourth-order valence-electron chi connectivity index (χ4n) is 4.58. The molecule has 0 bridgehead atoms. The van der Waals surface area contributed by atoms with E-state index in [1.54, 1.807) is 20.7 Å². The first-order valence-electron chi connectivity index (χ1n) is 11.8. The van der Waals surface area contributed by atoms with E-state index in [1.165, 1.54) is 16.0 Å². The van der Waals surface area contributed by atoms with Gasteiger partial charge < -0.3 is 14.6 Å². The quantitative estimate of drug-likeness (QED) is 0.347. The van der Waals surface area contributed by atoms with E-state index in [4.69, 9.17) is 21.7 Å². The summed E-state index contributed by atoms with van der Waals surface area (Å²) in [6.45, 7) is 7.98. The van der Waals surface area contributed by atoms with Crippen molar-refractivity contribution in [3.05, 3.63) is 68.5 Å². The van der Waals surface area contributed by atoms with Crippen molar-refractivity contribution in [3.63, 3.8) is 0 Å². The Balaban J connectivity index is 1.51. The number of hydrogen-bond acceptors (Lipinski definition) is 8. The number of ether oxygens (including phenoxy) is 2. The van der Waals surface area contributed by atoms with E-state index in [0.717, 1.165) is 92.6 Å². The van der Waals surface area contributed by atoms with Gasteiger partial charge in [-0.05, 0) is 23.3 Å². The minimum Gasteiger partial charge on any atom is -0.507 e.